The van der Waals surface area contributed by atoms with Gasteiger partial charge in [0, 0.05) is 24.6 Å². The highest BCUT2D eigenvalue weighted by Gasteiger charge is 2.20. The van der Waals surface area contributed by atoms with Gasteiger partial charge in [-0.1, -0.05) is 35.0 Å². The van der Waals surface area contributed by atoms with Crippen LogP contribution in [-0.4, -0.2) is 17.2 Å². The molecule has 1 aromatic heterocycles. The monoisotopic (exact) mass is 348 g/mol. The highest BCUT2D eigenvalue weighted by molar-refractivity contribution is 5.93. The molecule has 2 heterocycles. The van der Waals surface area contributed by atoms with Crippen molar-refractivity contribution in [2.45, 2.75) is 32.9 Å². The van der Waals surface area contributed by atoms with Gasteiger partial charge in [0.05, 0.1) is 0 Å². The second kappa shape index (κ2) is 6.67. The van der Waals surface area contributed by atoms with Crippen LogP contribution in [0.1, 0.15) is 34.1 Å². The van der Waals surface area contributed by atoms with E-state index in [1.165, 1.54) is 5.56 Å². The van der Waals surface area contributed by atoms with Crippen molar-refractivity contribution in [1.82, 2.24) is 10.5 Å². The summed E-state index contributed by atoms with van der Waals surface area (Å²) < 4.78 is 11.1. The summed E-state index contributed by atoms with van der Waals surface area (Å²) in [5.74, 6) is 1.24. The summed E-state index contributed by atoms with van der Waals surface area (Å²) in [6.07, 6.45) is 1.07. The summed E-state index contributed by atoms with van der Waals surface area (Å²) in [5, 5.41) is 6.77. The maximum atomic E-state index is 12.3. The minimum absolute atomic E-state index is 0.193. The number of benzene rings is 2. The second-order valence-electron chi connectivity index (χ2n) is 6.70. The van der Waals surface area contributed by atoms with Crippen molar-refractivity contribution >= 4 is 5.91 Å². The van der Waals surface area contributed by atoms with Crippen molar-refractivity contribution in [3.8, 4) is 17.1 Å². The number of fused-ring (bicyclic) bond motifs is 1. The minimum Gasteiger partial charge on any atom is -0.490 e. The number of carbonyl (C=O) groups is 1. The van der Waals surface area contributed by atoms with Gasteiger partial charge in [0.1, 0.15) is 11.9 Å². The Kier molecular flexibility index (Phi) is 4.21. The molecule has 132 valence electrons. The van der Waals surface area contributed by atoms with Gasteiger partial charge in [-0.05, 0) is 43.2 Å². The van der Waals surface area contributed by atoms with Crippen molar-refractivity contribution in [1.29, 1.82) is 0 Å². The molecule has 0 fully saturated rings. The summed E-state index contributed by atoms with van der Waals surface area (Å²) in [4.78, 5) is 12.3. The summed E-state index contributed by atoms with van der Waals surface area (Å²) in [6, 6.07) is 15.6. The lowest BCUT2D eigenvalue weighted by Crippen LogP contribution is -2.22. The molecule has 2 aromatic carbocycles. The van der Waals surface area contributed by atoms with Crippen LogP contribution in [0.5, 0.6) is 5.75 Å². The first-order valence-corrected chi connectivity index (χ1v) is 8.69. The average molecular weight is 348 g/mol. The van der Waals surface area contributed by atoms with Gasteiger partial charge in [-0.15, -0.1) is 0 Å². The van der Waals surface area contributed by atoms with Gasteiger partial charge in [0.25, 0.3) is 5.91 Å². The Morgan fingerprint density at radius 3 is 2.81 bits per heavy atom. The van der Waals surface area contributed by atoms with E-state index in [0.717, 1.165) is 28.9 Å². The van der Waals surface area contributed by atoms with E-state index in [0.29, 0.717) is 12.3 Å². The standard InChI is InChI=1S/C21H20N2O3/c1-13-3-5-15(6-4-13)12-22-21(24)18-11-20(26-23-18)16-7-8-19-17(10-16)9-14(2)25-19/h3-8,10-11,14H,9,12H2,1-2H3,(H,22,24)/t14-/m0/s1. The van der Waals surface area contributed by atoms with E-state index < -0.39 is 0 Å². The number of aryl methyl sites for hydroxylation is 1. The average Bonchev–Trinajstić information content (AvgIpc) is 3.26. The molecule has 3 aromatic rings. The van der Waals surface area contributed by atoms with Crippen molar-refractivity contribution in [2.24, 2.45) is 0 Å². The molecule has 0 spiro atoms. The zero-order chi connectivity index (χ0) is 18.1. The van der Waals surface area contributed by atoms with Crippen molar-refractivity contribution in [2.75, 3.05) is 0 Å². The molecule has 0 saturated heterocycles. The van der Waals surface area contributed by atoms with E-state index >= 15 is 0 Å². The Bertz CT molecular complexity index is 944. The minimum atomic E-state index is -0.251. The van der Waals surface area contributed by atoms with Crippen LogP contribution >= 0.6 is 0 Å². The molecule has 1 amide bonds. The van der Waals surface area contributed by atoms with E-state index in [2.05, 4.69) is 10.5 Å². The van der Waals surface area contributed by atoms with Crippen LogP contribution in [-0.2, 0) is 13.0 Å². The van der Waals surface area contributed by atoms with Gasteiger partial charge in [0.2, 0.25) is 0 Å². The quantitative estimate of drug-likeness (QED) is 0.776. The number of nitrogens with zero attached hydrogens (tertiary/aromatic N) is 1. The molecular formula is C21H20N2O3. The van der Waals surface area contributed by atoms with Crippen LogP contribution in [0.3, 0.4) is 0 Å². The molecule has 1 N–H and O–H groups in total. The van der Waals surface area contributed by atoms with E-state index in [-0.39, 0.29) is 17.7 Å². The maximum Gasteiger partial charge on any atom is 0.273 e. The van der Waals surface area contributed by atoms with Gasteiger partial charge >= 0.3 is 0 Å². The number of nitrogens with one attached hydrogen (secondary N) is 1. The summed E-state index contributed by atoms with van der Waals surface area (Å²) in [5.41, 5.74) is 4.55. The third-order valence-corrected chi connectivity index (χ3v) is 4.50. The number of hydrogen-bond acceptors (Lipinski definition) is 4. The van der Waals surface area contributed by atoms with Gasteiger partial charge in [-0.3, -0.25) is 4.79 Å². The lowest BCUT2D eigenvalue weighted by Gasteiger charge is -2.03. The van der Waals surface area contributed by atoms with Crippen molar-refractivity contribution < 1.29 is 14.1 Å². The first kappa shape index (κ1) is 16.4. The Balaban J connectivity index is 1.45. The SMILES string of the molecule is Cc1ccc(CNC(=O)c2cc(-c3ccc4c(c3)C[C@H](C)O4)on2)cc1. The normalized spacial score (nSPS) is 15.4. The zero-order valence-electron chi connectivity index (χ0n) is 14.8. The van der Waals surface area contributed by atoms with Gasteiger partial charge < -0.3 is 14.6 Å². The summed E-state index contributed by atoms with van der Waals surface area (Å²) >= 11 is 0. The van der Waals surface area contributed by atoms with Gasteiger partial charge in [-0.25, -0.2) is 0 Å². The molecule has 1 aliphatic rings. The van der Waals surface area contributed by atoms with Crippen LogP contribution < -0.4 is 10.1 Å². The number of ether oxygens (including phenoxy) is 1. The van der Waals surface area contributed by atoms with Gasteiger partial charge in [-0.2, -0.15) is 0 Å². The third-order valence-electron chi connectivity index (χ3n) is 4.50. The summed E-state index contributed by atoms with van der Waals surface area (Å²) in [7, 11) is 0. The number of rotatable bonds is 4. The number of carbonyl (C=O) groups excluding carboxylic acids is 1. The largest absolute Gasteiger partial charge is 0.490 e. The van der Waals surface area contributed by atoms with Crippen molar-refractivity contribution in [3.05, 3.63) is 70.9 Å². The fraction of sp³-hybridized carbons (Fsp3) is 0.238. The van der Waals surface area contributed by atoms with E-state index in [9.17, 15) is 4.79 Å². The van der Waals surface area contributed by atoms with E-state index in [1.54, 1.807) is 6.07 Å². The number of hydrogen-bond donors (Lipinski definition) is 1. The molecule has 0 aliphatic carbocycles. The fourth-order valence-electron chi connectivity index (χ4n) is 3.07. The molecule has 5 nitrogen and oxygen atoms in total. The molecule has 0 unspecified atom stereocenters. The smallest absolute Gasteiger partial charge is 0.273 e. The fourth-order valence-corrected chi connectivity index (χ4v) is 3.07. The Hall–Kier alpha value is -3.08. The number of amides is 1. The molecular weight excluding hydrogens is 328 g/mol. The zero-order valence-corrected chi connectivity index (χ0v) is 14.8. The lowest BCUT2D eigenvalue weighted by atomic mass is 10.1. The molecule has 26 heavy (non-hydrogen) atoms. The molecule has 0 saturated carbocycles. The molecule has 0 radical (unpaired) electrons. The highest BCUT2D eigenvalue weighted by atomic mass is 16.5. The van der Waals surface area contributed by atoms with Gasteiger partial charge in [0.15, 0.2) is 11.5 Å². The number of aromatic nitrogens is 1. The highest BCUT2D eigenvalue weighted by Crippen LogP contribution is 2.33. The van der Waals surface area contributed by atoms with Crippen LogP contribution in [0.25, 0.3) is 11.3 Å². The second-order valence-corrected chi connectivity index (χ2v) is 6.70. The van der Waals surface area contributed by atoms with Crippen LogP contribution in [0.15, 0.2) is 53.1 Å². The van der Waals surface area contributed by atoms with E-state index in [1.807, 2.05) is 56.3 Å². The topological polar surface area (TPSA) is 64.4 Å². The van der Waals surface area contributed by atoms with E-state index in [4.69, 9.17) is 9.26 Å². The predicted octanol–water partition coefficient (Wildman–Crippen LogP) is 3.90. The lowest BCUT2D eigenvalue weighted by molar-refractivity contribution is 0.0942. The third kappa shape index (κ3) is 3.33. The first-order valence-electron chi connectivity index (χ1n) is 8.69. The molecule has 1 atom stereocenters. The van der Waals surface area contributed by atoms with Crippen LogP contribution in [0.4, 0.5) is 0 Å². The van der Waals surface area contributed by atoms with Crippen LogP contribution in [0.2, 0.25) is 0 Å². The van der Waals surface area contributed by atoms with Crippen molar-refractivity contribution in [3.63, 3.8) is 0 Å². The Labute approximate surface area is 152 Å². The molecule has 0 bridgehead atoms. The molecule has 5 heteroatoms. The molecule has 4 rings (SSSR count). The maximum absolute atomic E-state index is 12.3. The first-order chi connectivity index (χ1) is 12.6. The Morgan fingerprint density at radius 2 is 2.00 bits per heavy atom. The molecule has 1 aliphatic heterocycles. The van der Waals surface area contributed by atoms with Crippen LogP contribution in [0, 0.1) is 6.92 Å². The Morgan fingerprint density at radius 1 is 1.19 bits per heavy atom. The predicted molar refractivity (Wildman–Crippen MR) is 98.1 cm³/mol. The summed E-state index contributed by atoms with van der Waals surface area (Å²) in [6.45, 7) is 4.53.